The molecule has 0 radical (unpaired) electrons. The lowest BCUT2D eigenvalue weighted by atomic mass is 9.74. The van der Waals surface area contributed by atoms with E-state index in [1.807, 2.05) is 0 Å². The second-order valence-electron chi connectivity index (χ2n) is 8.05. The van der Waals surface area contributed by atoms with Gasteiger partial charge in [-0.15, -0.1) is 0 Å². The lowest BCUT2D eigenvalue weighted by molar-refractivity contribution is 0.00578. The third kappa shape index (κ3) is 3.35. The molecule has 2 heterocycles. The van der Waals surface area contributed by atoms with Crippen LogP contribution in [0.4, 0.5) is 0 Å². The van der Waals surface area contributed by atoms with E-state index in [1.165, 1.54) is 12.8 Å². The summed E-state index contributed by atoms with van der Waals surface area (Å²) in [6.07, 6.45) is 6.46. The van der Waals surface area contributed by atoms with Gasteiger partial charge in [-0.3, -0.25) is 10.7 Å². The molecule has 2 fully saturated rings. The Bertz CT molecular complexity index is 510. The molecule has 2 N–H and O–H groups in total. The number of nitrogens with two attached hydrogens (primary N) is 1. The molecule has 0 amide bonds. The van der Waals surface area contributed by atoms with Gasteiger partial charge < -0.3 is 14.2 Å². The fraction of sp³-hybridized carbons (Fsp3) is 0.824. The maximum atomic E-state index is 6.26. The fourth-order valence-electron chi connectivity index (χ4n) is 3.03. The van der Waals surface area contributed by atoms with Crippen molar-refractivity contribution in [1.29, 1.82) is 0 Å². The third-order valence-corrected chi connectivity index (χ3v) is 5.43. The highest BCUT2D eigenvalue weighted by Crippen LogP contribution is 2.41. The Labute approximate surface area is 140 Å². The van der Waals surface area contributed by atoms with Crippen molar-refractivity contribution in [3.8, 4) is 0 Å². The zero-order valence-electron chi connectivity index (χ0n) is 15.1. The van der Waals surface area contributed by atoms with E-state index in [9.17, 15) is 0 Å². The van der Waals surface area contributed by atoms with Crippen molar-refractivity contribution in [3.63, 3.8) is 0 Å². The molecule has 1 saturated carbocycles. The fourth-order valence-corrected chi connectivity index (χ4v) is 3.03. The van der Waals surface area contributed by atoms with E-state index in [0.29, 0.717) is 0 Å². The predicted octanol–water partition coefficient (Wildman–Crippen LogP) is 2.71. The average Bonchev–Trinajstić information content (AvgIpc) is 3.20. The van der Waals surface area contributed by atoms with Crippen LogP contribution >= 0.6 is 0 Å². The summed E-state index contributed by atoms with van der Waals surface area (Å²) >= 11 is 0. The molecule has 1 atom stereocenters. The molecular weight excluding hydrogens is 289 g/mol. The zero-order valence-corrected chi connectivity index (χ0v) is 15.1. The first kappa shape index (κ1) is 17.0. The molecule has 2 aliphatic heterocycles. The van der Waals surface area contributed by atoms with Gasteiger partial charge in [0.15, 0.2) is 6.29 Å². The van der Waals surface area contributed by atoms with Crippen molar-refractivity contribution in [2.24, 2.45) is 16.6 Å². The quantitative estimate of drug-likeness (QED) is 0.792. The molecule has 6 heteroatoms. The van der Waals surface area contributed by atoms with Crippen LogP contribution in [0.3, 0.4) is 0 Å². The SMILES string of the molecule is CCCN1C=C(B2OC(C)(C)C(C)(C)O2)C(CC2CC2)=NC1N. The second kappa shape index (κ2) is 5.90. The summed E-state index contributed by atoms with van der Waals surface area (Å²) in [4.78, 5) is 6.87. The summed E-state index contributed by atoms with van der Waals surface area (Å²) in [6, 6.07) is 0. The van der Waals surface area contributed by atoms with E-state index in [2.05, 4.69) is 45.7 Å². The summed E-state index contributed by atoms with van der Waals surface area (Å²) < 4.78 is 12.5. The molecule has 0 aromatic rings. The van der Waals surface area contributed by atoms with Gasteiger partial charge >= 0.3 is 7.12 Å². The van der Waals surface area contributed by atoms with Crippen LogP contribution in [0.5, 0.6) is 0 Å². The van der Waals surface area contributed by atoms with E-state index in [-0.39, 0.29) is 24.6 Å². The Morgan fingerprint density at radius 2 is 1.87 bits per heavy atom. The van der Waals surface area contributed by atoms with E-state index >= 15 is 0 Å². The van der Waals surface area contributed by atoms with Crippen molar-refractivity contribution in [2.75, 3.05) is 6.54 Å². The Kier molecular flexibility index (Phi) is 4.36. The largest absolute Gasteiger partial charge is 0.498 e. The minimum Gasteiger partial charge on any atom is -0.399 e. The summed E-state index contributed by atoms with van der Waals surface area (Å²) in [6.45, 7) is 11.4. The van der Waals surface area contributed by atoms with Gasteiger partial charge in [-0.25, -0.2) is 0 Å². The van der Waals surface area contributed by atoms with Crippen molar-refractivity contribution in [2.45, 2.75) is 77.8 Å². The topological polar surface area (TPSA) is 60.1 Å². The lowest BCUT2D eigenvalue weighted by Crippen LogP contribution is -2.44. The Morgan fingerprint density at radius 3 is 2.39 bits per heavy atom. The molecule has 0 spiro atoms. The Morgan fingerprint density at radius 1 is 1.26 bits per heavy atom. The molecule has 0 aromatic heterocycles. The van der Waals surface area contributed by atoms with Crippen LogP contribution in [0, 0.1) is 5.92 Å². The van der Waals surface area contributed by atoms with Crippen molar-refractivity contribution in [1.82, 2.24) is 4.90 Å². The second-order valence-corrected chi connectivity index (χ2v) is 8.05. The molecular formula is C17H30BN3O2. The summed E-state index contributed by atoms with van der Waals surface area (Å²) in [5.74, 6) is 0.754. The molecule has 3 rings (SSSR count). The van der Waals surface area contributed by atoms with Gasteiger partial charge in [0, 0.05) is 23.9 Å². The smallest absolute Gasteiger partial charge is 0.399 e. The molecule has 0 aromatic carbocycles. The van der Waals surface area contributed by atoms with Gasteiger partial charge in [0.05, 0.1) is 11.2 Å². The number of aliphatic imine (C=N–C) groups is 1. The number of rotatable bonds is 5. The highest BCUT2D eigenvalue weighted by molar-refractivity contribution is 6.62. The van der Waals surface area contributed by atoms with Crippen molar-refractivity contribution < 1.29 is 9.31 Å². The van der Waals surface area contributed by atoms with Crippen molar-refractivity contribution >= 4 is 12.8 Å². The maximum absolute atomic E-state index is 6.26. The molecule has 1 unspecified atom stereocenters. The number of allylic oxidation sites excluding steroid dienone is 1. The average molecular weight is 319 g/mol. The Balaban J connectivity index is 1.86. The van der Waals surface area contributed by atoms with Crippen LogP contribution in [0.1, 0.15) is 60.3 Å². The number of nitrogens with zero attached hydrogens (tertiary/aromatic N) is 2. The van der Waals surface area contributed by atoms with Gasteiger partial charge in [0.1, 0.15) is 0 Å². The number of hydrogen-bond acceptors (Lipinski definition) is 5. The van der Waals surface area contributed by atoms with Gasteiger partial charge in [0.25, 0.3) is 0 Å². The normalized spacial score (nSPS) is 29.6. The zero-order chi connectivity index (χ0) is 16.8. The van der Waals surface area contributed by atoms with Gasteiger partial charge in [-0.1, -0.05) is 6.92 Å². The third-order valence-electron chi connectivity index (χ3n) is 5.43. The van der Waals surface area contributed by atoms with Gasteiger partial charge in [0.2, 0.25) is 0 Å². The van der Waals surface area contributed by atoms with Crippen molar-refractivity contribution in [3.05, 3.63) is 11.7 Å². The predicted molar refractivity (Wildman–Crippen MR) is 93.9 cm³/mol. The van der Waals surface area contributed by atoms with Crippen LogP contribution in [-0.2, 0) is 9.31 Å². The molecule has 128 valence electrons. The van der Waals surface area contributed by atoms with Crippen LogP contribution in [0.25, 0.3) is 0 Å². The van der Waals surface area contributed by atoms with E-state index in [4.69, 9.17) is 20.0 Å². The standard InChI is InChI=1S/C17H30BN3O2/c1-6-9-21-11-13(14(20-15(21)19)10-12-7-8-12)18-22-16(2,3)17(4,5)23-18/h11-12,15H,6-10,19H2,1-5H3. The molecule has 3 aliphatic rings. The van der Waals surface area contributed by atoms with Gasteiger partial charge in [-0.05, 0) is 59.3 Å². The van der Waals surface area contributed by atoms with Crippen LogP contribution < -0.4 is 5.73 Å². The first-order chi connectivity index (χ1) is 10.7. The van der Waals surface area contributed by atoms with Crippen LogP contribution in [0.15, 0.2) is 16.7 Å². The minimum atomic E-state index is -0.357. The monoisotopic (exact) mass is 319 g/mol. The lowest BCUT2D eigenvalue weighted by Gasteiger charge is -2.32. The van der Waals surface area contributed by atoms with E-state index < -0.39 is 0 Å². The van der Waals surface area contributed by atoms with E-state index in [1.54, 1.807) is 0 Å². The van der Waals surface area contributed by atoms with Gasteiger partial charge in [-0.2, -0.15) is 0 Å². The summed E-state index contributed by atoms with van der Waals surface area (Å²) in [5, 5.41) is 0. The first-order valence-electron chi connectivity index (χ1n) is 8.89. The summed E-state index contributed by atoms with van der Waals surface area (Å²) in [5.41, 5.74) is 7.70. The molecule has 1 saturated heterocycles. The highest BCUT2D eigenvalue weighted by atomic mass is 16.7. The van der Waals surface area contributed by atoms with Crippen LogP contribution in [0.2, 0.25) is 0 Å². The molecule has 0 bridgehead atoms. The highest BCUT2D eigenvalue weighted by Gasteiger charge is 2.53. The van der Waals surface area contributed by atoms with Crippen LogP contribution in [-0.4, -0.2) is 41.8 Å². The Hall–Kier alpha value is -0.845. The molecule has 1 aliphatic carbocycles. The van der Waals surface area contributed by atoms with E-state index in [0.717, 1.165) is 36.5 Å². The minimum absolute atomic E-state index is 0.283. The summed E-state index contributed by atoms with van der Waals surface area (Å²) in [7, 11) is -0.357. The maximum Gasteiger partial charge on any atom is 0.498 e. The first-order valence-corrected chi connectivity index (χ1v) is 8.89. The molecule has 5 nitrogen and oxygen atoms in total. The number of hydrogen-bond donors (Lipinski definition) is 1. The molecule has 23 heavy (non-hydrogen) atoms.